The van der Waals surface area contributed by atoms with Gasteiger partial charge < -0.3 is 14.7 Å². The highest BCUT2D eigenvalue weighted by Gasteiger charge is 2.54. The minimum absolute atomic E-state index is 0.293. The molecular weight excluding hydrogens is 336 g/mol. The van der Waals surface area contributed by atoms with Crippen LogP contribution in [-0.4, -0.2) is 30.3 Å². The lowest BCUT2D eigenvalue weighted by Crippen LogP contribution is -2.63. The van der Waals surface area contributed by atoms with Gasteiger partial charge in [0.25, 0.3) is 0 Å². The molecule has 2 aliphatic rings. The Bertz CT molecular complexity index is 973. The van der Waals surface area contributed by atoms with Crippen LogP contribution in [0.4, 0.5) is 5.69 Å². The molecule has 1 spiro atoms. The van der Waals surface area contributed by atoms with Gasteiger partial charge in [0.15, 0.2) is 0 Å². The molecule has 0 amide bonds. The van der Waals surface area contributed by atoms with Crippen LogP contribution < -0.4 is 9.64 Å². The van der Waals surface area contributed by atoms with E-state index in [0.29, 0.717) is 11.3 Å². The summed E-state index contributed by atoms with van der Waals surface area (Å²) in [6, 6.07) is 17.0. The number of rotatable bonds is 4. The lowest BCUT2D eigenvalue weighted by Gasteiger charge is -2.60. The Morgan fingerprint density at radius 3 is 2.67 bits per heavy atom. The molecule has 4 nitrogen and oxygen atoms in total. The van der Waals surface area contributed by atoms with Crippen LogP contribution in [0, 0.1) is 11.3 Å². The first-order chi connectivity index (χ1) is 13.2. The minimum atomic E-state index is -0.492. The average Bonchev–Trinajstić information content (AvgIpc) is 2.65. The van der Waals surface area contributed by atoms with Crippen molar-refractivity contribution in [1.82, 2.24) is 4.98 Å². The first-order valence-corrected chi connectivity index (χ1v) is 9.57. The van der Waals surface area contributed by atoms with Gasteiger partial charge in [0.2, 0.25) is 0 Å². The number of pyridine rings is 1. The molecule has 27 heavy (non-hydrogen) atoms. The molecule has 0 bridgehead atoms. The zero-order chi connectivity index (χ0) is 18.4. The van der Waals surface area contributed by atoms with E-state index in [4.69, 9.17) is 4.74 Å². The third-order valence-electron chi connectivity index (χ3n) is 6.34. The van der Waals surface area contributed by atoms with Crippen molar-refractivity contribution in [2.24, 2.45) is 11.3 Å². The SMILES string of the molecule is COc1ccncc1C(O)C1CC2(C1)CN(c1ccc3ccccc3c1)C2. The first-order valence-electron chi connectivity index (χ1n) is 9.57. The fourth-order valence-corrected chi connectivity index (χ4v) is 4.91. The molecule has 1 saturated carbocycles. The second-order valence-corrected chi connectivity index (χ2v) is 8.12. The molecule has 138 valence electrons. The summed E-state index contributed by atoms with van der Waals surface area (Å²) in [6.07, 6.45) is 5.07. The number of ether oxygens (including phenoxy) is 1. The predicted molar refractivity (Wildman–Crippen MR) is 107 cm³/mol. The van der Waals surface area contributed by atoms with E-state index in [9.17, 15) is 5.11 Å². The Kier molecular flexibility index (Phi) is 3.83. The third kappa shape index (κ3) is 2.76. The van der Waals surface area contributed by atoms with Gasteiger partial charge in [-0.3, -0.25) is 4.98 Å². The summed E-state index contributed by atoms with van der Waals surface area (Å²) in [5.74, 6) is 1.02. The minimum Gasteiger partial charge on any atom is -0.496 e. The monoisotopic (exact) mass is 360 g/mol. The lowest BCUT2D eigenvalue weighted by molar-refractivity contribution is -0.0516. The van der Waals surface area contributed by atoms with Crippen molar-refractivity contribution in [2.75, 3.05) is 25.1 Å². The molecule has 0 radical (unpaired) electrons. The van der Waals surface area contributed by atoms with Crippen LogP contribution in [-0.2, 0) is 0 Å². The number of fused-ring (bicyclic) bond motifs is 1. The maximum atomic E-state index is 10.8. The first kappa shape index (κ1) is 16.6. The van der Waals surface area contributed by atoms with Crippen LogP contribution in [0.25, 0.3) is 10.8 Å². The summed E-state index contributed by atoms with van der Waals surface area (Å²) < 4.78 is 5.38. The number of benzene rings is 2. The number of hydrogen-bond acceptors (Lipinski definition) is 4. The van der Waals surface area contributed by atoms with Crippen molar-refractivity contribution >= 4 is 16.5 Å². The summed E-state index contributed by atoms with van der Waals surface area (Å²) in [6.45, 7) is 2.16. The van der Waals surface area contributed by atoms with Crippen molar-refractivity contribution < 1.29 is 9.84 Å². The number of aliphatic hydroxyl groups is 1. The molecule has 2 aromatic carbocycles. The van der Waals surface area contributed by atoms with Gasteiger partial charge in [-0.05, 0) is 47.7 Å². The summed E-state index contributed by atoms with van der Waals surface area (Å²) in [5, 5.41) is 13.4. The molecule has 1 unspecified atom stereocenters. The number of hydrogen-bond donors (Lipinski definition) is 1. The number of nitrogens with zero attached hydrogens (tertiary/aromatic N) is 2. The fraction of sp³-hybridized carbons (Fsp3) is 0.348. The van der Waals surface area contributed by atoms with E-state index in [0.717, 1.165) is 37.2 Å². The van der Waals surface area contributed by atoms with E-state index in [1.165, 1.54) is 16.5 Å². The average molecular weight is 360 g/mol. The summed E-state index contributed by atoms with van der Waals surface area (Å²) in [5.41, 5.74) is 2.48. The van der Waals surface area contributed by atoms with E-state index >= 15 is 0 Å². The predicted octanol–water partition coefficient (Wildman–Crippen LogP) is 4.19. The normalized spacial score (nSPS) is 19.6. The molecular formula is C23H24N2O2. The van der Waals surface area contributed by atoms with Crippen LogP contribution >= 0.6 is 0 Å². The highest BCUT2D eigenvalue weighted by Crippen LogP contribution is 2.56. The highest BCUT2D eigenvalue weighted by molar-refractivity contribution is 5.86. The fourth-order valence-electron chi connectivity index (χ4n) is 4.91. The molecule has 3 aromatic rings. The van der Waals surface area contributed by atoms with Crippen LogP contribution in [0.5, 0.6) is 5.75 Å². The molecule has 1 N–H and O–H groups in total. The lowest BCUT2D eigenvalue weighted by atomic mass is 9.55. The Morgan fingerprint density at radius 1 is 1.11 bits per heavy atom. The van der Waals surface area contributed by atoms with Crippen LogP contribution in [0.3, 0.4) is 0 Å². The van der Waals surface area contributed by atoms with E-state index in [-0.39, 0.29) is 0 Å². The largest absolute Gasteiger partial charge is 0.496 e. The molecule has 5 rings (SSSR count). The second kappa shape index (κ2) is 6.24. The van der Waals surface area contributed by atoms with Crippen molar-refractivity contribution in [1.29, 1.82) is 0 Å². The number of aromatic nitrogens is 1. The van der Waals surface area contributed by atoms with Gasteiger partial charge in [-0.2, -0.15) is 0 Å². The van der Waals surface area contributed by atoms with E-state index in [1.54, 1.807) is 19.5 Å². The van der Waals surface area contributed by atoms with Gasteiger partial charge in [0.05, 0.1) is 13.2 Å². The molecule has 1 aliphatic heterocycles. The quantitative estimate of drug-likeness (QED) is 0.758. The van der Waals surface area contributed by atoms with Crippen molar-refractivity contribution in [3.05, 3.63) is 66.5 Å². The molecule has 2 heterocycles. The van der Waals surface area contributed by atoms with Gasteiger partial charge in [-0.1, -0.05) is 30.3 Å². The maximum Gasteiger partial charge on any atom is 0.127 e. The smallest absolute Gasteiger partial charge is 0.127 e. The number of anilines is 1. The topological polar surface area (TPSA) is 45.6 Å². The van der Waals surface area contributed by atoms with Crippen LogP contribution in [0.2, 0.25) is 0 Å². The van der Waals surface area contributed by atoms with Crippen molar-refractivity contribution in [3.8, 4) is 5.75 Å². The summed E-state index contributed by atoms with van der Waals surface area (Å²) in [4.78, 5) is 6.61. The van der Waals surface area contributed by atoms with Gasteiger partial charge in [0, 0.05) is 42.1 Å². The standard InChI is InChI=1S/C23H24N2O2/c1-27-21-8-9-24-13-20(21)22(26)18-11-23(12-18)14-25(15-23)19-7-6-16-4-2-3-5-17(16)10-19/h2-10,13,18,22,26H,11-12,14-15H2,1H3. The maximum absolute atomic E-state index is 10.8. The molecule has 1 aliphatic carbocycles. The van der Waals surface area contributed by atoms with Crippen LogP contribution in [0.15, 0.2) is 60.9 Å². The van der Waals surface area contributed by atoms with Crippen molar-refractivity contribution in [3.63, 3.8) is 0 Å². The number of aliphatic hydroxyl groups excluding tert-OH is 1. The zero-order valence-corrected chi connectivity index (χ0v) is 15.5. The Balaban J connectivity index is 1.24. The van der Waals surface area contributed by atoms with E-state index in [2.05, 4.69) is 52.3 Å². The number of methoxy groups -OCH3 is 1. The Labute approximate surface area is 159 Å². The molecule has 4 heteroatoms. The zero-order valence-electron chi connectivity index (χ0n) is 15.5. The van der Waals surface area contributed by atoms with Gasteiger partial charge in [-0.25, -0.2) is 0 Å². The van der Waals surface area contributed by atoms with E-state index < -0.39 is 6.10 Å². The van der Waals surface area contributed by atoms with E-state index in [1.807, 2.05) is 6.07 Å². The van der Waals surface area contributed by atoms with Gasteiger partial charge in [0.1, 0.15) is 5.75 Å². The highest BCUT2D eigenvalue weighted by atomic mass is 16.5. The van der Waals surface area contributed by atoms with Gasteiger partial charge in [-0.15, -0.1) is 0 Å². The molecule has 1 saturated heterocycles. The Morgan fingerprint density at radius 2 is 1.89 bits per heavy atom. The Hall–Kier alpha value is -2.59. The van der Waals surface area contributed by atoms with Crippen molar-refractivity contribution in [2.45, 2.75) is 18.9 Å². The molecule has 2 fully saturated rings. The molecule has 1 aromatic heterocycles. The third-order valence-corrected chi connectivity index (χ3v) is 6.34. The second-order valence-electron chi connectivity index (χ2n) is 8.12. The molecule has 1 atom stereocenters. The summed E-state index contributed by atoms with van der Waals surface area (Å²) in [7, 11) is 1.64. The van der Waals surface area contributed by atoms with Crippen LogP contribution in [0.1, 0.15) is 24.5 Å². The summed E-state index contributed by atoms with van der Waals surface area (Å²) >= 11 is 0. The van der Waals surface area contributed by atoms with Gasteiger partial charge >= 0.3 is 0 Å².